The van der Waals surface area contributed by atoms with E-state index in [0.717, 1.165) is 0 Å². The molecule has 1 aromatic rings. The maximum absolute atomic E-state index is 10.5. The van der Waals surface area contributed by atoms with Gasteiger partial charge in [-0.2, -0.15) is 0 Å². The molecule has 0 fully saturated rings. The minimum Gasteiger partial charge on any atom is -0.493 e. The lowest BCUT2D eigenvalue weighted by atomic mass is 10.2. The molecule has 1 unspecified atom stereocenters. The molecule has 1 atom stereocenters. The number of aliphatic hydroxyl groups excluding tert-OH is 2. The first kappa shape index (κ1) is 13.4. The van der Waals surface area contributed by atoms with E-state index in [9.17, 15) is 10.1 Å². The largest absolute Gasteiger partial charge is 0.493 e. The third-order valence-electron chi connectivity index (χ3n) is 2.22. The summed E-state index contributed by atoms with van der Waals surface area (Å²) in [6.45, 7) is 1.61. The van der Waals surface area contributed by atoms with Crippen LogP contribution in [0.15, 0.2) is 18.2 Å². The maximum Gasteiger partial charge on any atom is 0.270 e. The van der Waals surface area contributed by atoms with Crippen LogP contribution in [-0.4, -0.2) is 27.8 Å². The third-order valence-corrected chi connectivity index (χ3v) is 2.22. The van der Waals surface area contributed by atoms with Crippen molar-refractivity contribution in [3.05, 3.63) is 33.9 Å². The first-order valence-corrected chi connectivity index (χ1v) is 5.23. The molecular formula is C11H15NO5. The van der Waals surface area contributed by atoms with Crippen LogP contribution in [0.25, 0.3) is 0 Å². The van der Waals surface area contributed by atoms with Crippen molar-refractivity contribution in [3.63, 3.8) is 0 Å². The van der Waals surface area contributed by atoms with E-state index in [4.69, 9.17) is 14.9 Å². The highest BCUT2D eigenvalue weighted by Crippen LogP contribution is 2.24. The minimum absolute atomic E-state index is 0.0862. The molecule has 1 rings (SSSR count). The molecule has 6 heteroatoms. The molecule has 2 N–H and O–H groups in total. The van der Waals surface area contributed by atoms with Crippen LogP contribution in [0.3, 0.4) is 0 Å². The Kier molecular flexibility index (Phi) is 4.86. The number of rotatable bonds is 6. The molecule has 0 saturated heterocycles. The molecule has 17 heavy (non-hydrogen) atoms. The Morgan fingerprint density at radius 2 is 2.24 bits per heavy atom. The zero-order valence-electron chi connectivity index (χ0n) is 9.50. The second kappa shape index (κ2) is 6.17. The molecule has 0 spiro atoms. The fourth-order valence-corrected chi connectivity index (χ4v) is 1.28. The Balaban J connectivity index is 2.75. The molecule has 0 saturated carbocycles. The van der Waals surface area contributed by atoms with Crippen LogP contribution in [0.2, 0.25) is 0 Å². The number of nitro benzene ring substituents is 1. The summed E-state index contributed by atoms with van der Waals surface area (Å²) >= 11 is 0. The minimum atomic E-state index is -0.529. The quantitative estimate of drug-likeness (QED) is 0.577. The second-order valence-electron chi connectivity index (χ2n) is 3.69. The van der Waals surface area contributed by atoms with Crippen molar-refractivity contribution in [2.24, 2.45) is 0 Å². The van der Waals surface area contributed by atoms with Gasteiger partial charge in [0, 0.05) is 24.1 Å². The van der Waals surface area contributed by atoms with Gasteiger partial charge in [0.15, 0.2) is 0 Å². The predicted molar refractivity (Wildman–Crippen MR) is 60.8 cm³/mol. The summed E-state index contributed by atoms with van der Waals surface area (Å²) in [4.78, 5) is 10.0. The number of nitro groups is 1. The molecule has 1 aromatic carbocycles. The van der Waals surface area contributed by atoms with Crippen LogP contribution < -0.4 is 4.74 Å². The van der Waals surface area contributed by atoms with Crippen molar-refractivity contribution >= 4 is 5.69 Å². The fraction of sp³-hybridized carbons (Fsp3) is 0.455. The van der Waals surface area contributed by atoms with Gasteiger partial charge < -0.3 is 14.9 Å². The molecule has 94 valence electrons. The molecule has 0 aliphatic rings. The van der Waals surface area contributed by atoms with Crippen molar-refractivity contribution < 1.29 is 19.9 Å². The SMILES string of the molecule is CC(O)CCOc1ccc([N+](=O)[O-])cc1CO. The van der Waals surface area contributed by atoms with Crippen molar-refractivity contribution in [2.75, 3.05) is 6.61 Å². The second-order valence-corrected chi connectivity index (χ2v) is 3.69. The summed E-state index contributed by atoms with van der Waals surface area (Å²) in [5.41, 5.74) is 0.279. The molecule has 0 amide bonds. The average molecular weight is 241 g/mol. The Morgan fingerprint density at radius 1 is 1.53 bits per heavy atom. The Bertz CT molecular complexity index is 391. The average Bonchev–Trinajstić information content (AvgIpc) is 2.28. The van der Waals surface area contributed by atoms with Gasteiger partial charge in [-0.1, -0.05) is 0 Å². The lowest BCUT2D eigenvalue weighted by Gasteiger charge is -2.10. The van der Waals surface area contributed by atoms with Gasteiger partial charge >= 0.3 is 0 Å². The smallest absolute Gasteiger partial charge is 0.270 e. The zero-order chi connectivity index (χ0) is 12.8. The third kappa shape index (κ3) is 4.01. The Hall–Kier alpha value is -1.66. The number of hydrogen-bond donors (Lipinski definition) is 2. The number of ether oxygens (including phenoxy) is 1. The standard InChI is InChI=1S/C11H15NO5/c1-8(14)4-5-17-11-3-2-10(12(15)16)6-9(11)7-13/h2-3,6,8,13-14H,4-5,7H2,1H3. The van der Waals surface area contributed by atoms with E-state index in [1.807, 2.05) is 0 Å². The summed E-state index contributed by atoms with van der Waals surface area (Å²) in [5.74, 6) is 0.402. The molecule has 0 aromatic heterocycles. The first-order valence-electron chi connectivity index (χ1n) is 5.23. The summed E-state index contributed by atoms with van der Waals surface area (Å²) < 4.78 is 5.33. The van der Waals surface area contributed by atoms with Gasteiger partial charge in [-0.3, -0.25) is 10.1 Å². The van der Waals surface area contributed by atoms with Crippen LogP contribution in [0.4, 0.5) is 5.69 Å². The van der Waals surface area contributed by atoms with Gasteiger partial charge in [0.25, 0.3) is 5.69 Å². The topological polar surface area (TPSA) is 92.8 Å². The lowest BCUT2D eigenvalue weighted by Crippen LogP contribution is -2.08. The van der Waals surface area contributed by atoms with Gasteiger partial charge in [0.05, 0.1) is 24.2 Å². The van der Waals surface area contributed by atoms with E-state index < -0.39 is 11.0 Å². The predicted octanol–water partition coefficient (Wildman–Crippen LogP) is 1.24. The molecule has 0 heterocycles. The summed E-state index contributed by atoms with van der Waals surface area (Å²) in [5, 5.41) is 28.7. The van der Waals surface area contributed by atoms with Crippen LogP contribution in [0, 0.1) is 10.1 Å². The van der Waals surface area contributed by atoms with E-state index >= 15 is 0 Å². The molecule has 0 aliphatic heterocycles. The van der Waals surface area contributed by atoms with Gasteiger partial charge in [0.1, 0.15) is 5.75 Å². The normalized spacial score (nSPS) is 12.2. The van der Waals surface area contributed by atoms with E-state index in [1.165, 1.54) is 18.2 Å². The van der Waals surface area contributed by atoms with Crippen LogP contribution >= 0.6 is 0 Å². The number of hydrogen-bond acceptors (Lipinski definition) is 5. The van der Waals surface area contributed by atoms with Crippen LogP contribution in [0.1, 0.15) is 18.9 Å². The van der Waals surface area contributed by atoms with Crippen LogP contribution in [-0.2, 0) is 6.61 Å². The number of non-ortho nitro benzene ring substituents is 1. The summed E-state index contributed by atoms with van der Waals surface area (Å²) in [6.07, 6.45) is -0.00684. The van der Waals surface area contributed by atoms with E-state index in [1.54, 1.807) is 6.92 Å². The number of aliphatic hydroxyl groups is 2. The lowest BCUT2D eigenvalue weighted by molar-refractivity contribution is -0.385. The van der Waals surface area contributed by atoms with Gasteiger partial charge in [-0.05, 0) is 13.0 Å². The molecular weight excluding hydrogens is 226 g/mol. The molecule has 6 nitrogen and oxygen atoms in total. The summed E-state index contributed by atoms with van der Waals surface area (Å²) in [6, 6.07) is 4.04. The van der Waals surface area contributed by atoms with Crippen molar-refractivity contribution in [3.8, 4) is 5.75 Å². The first-order chi connectivity index (χ1) is 8.04. The summed E-state index contributed by atoms with van der Waals surface area (Å²) in [7, 11) is 0. The maximum atomic E-state index is 10.5. The number of benzene rings is 1. The monoisotopic (exact) mass is 241 g/mol. The highest BCUT2D eigenvalue weighted by atomic mass is 16.6. The Morgan fingerprint density at radius 3 is 2.76 bits per heavy atom. The van der Waals surface area contributed by atoms with E-state index in [0.29, 0.717) is 24.3 Å². The van der Waals surface area contributed by atoms with Crippen molar-refractivity contribution in [2.45, 2.75) is 26.1 Å². The van der Waals surface area contributed by atoms with Gasteiger partial charge in [-0.25, -0.2) is 0 Å². The zero-order valence-corrected chi connectivity index (χ0v) is 9.50. The number of nitrogens with zero attached hydrogens (tertiary/aromatic N) is 1. The van der Waals surface area contributed by atoms with Gasteiger partial charge in [-0.15, -0.1) is 0 Å². The van der Waals surface area contributed by atoms with Crippen molar-refractivity contribution in [1.82, 2.24) is 0 Å². The fourth-order valence-electron chi connectivity index (χ4n) is 1.28. The molecule has 0 bridgehead atoms. The molecule has 0 radical (unpaired) electrons. The highest BCUT2D eigenvalue weighted by Gasteiger charge is 2.11. The molecule has 0 aliphatic carbocycles. The van der Waals surface area contributed by atoms with E-state index in [-0.39, 0.29) is 12.3 Å². The van der Waals surface area contributed by atoms with E-state index in [2.05, 4.69) is 0 Å². The Labute approximate surface area is 98.6 Å². The van der Waals surface area contributed by atoms with Gasteiger partial charge in [0.2, 0.25) is 0 Å². The van der Waals surface area contributed by atoms with Crippen LogP contribution in [0.5, 0.6) is 5.75 Å². The highest BCUT2D eigenvalue weighted by molar-refractivity contribution is 5.43. The van der Waals surface area contributed by atoms with Crippen molar-refractivity contribution in [1.29, 1.82) is 0 Å².